The lowest BCUT2D eigenvalue weighted by atomic mass is 9.80. The molecular formula is C61H60N4O. The lowest BCUT2D eigenvalue weighted by Crippen LogP contribution is -2.25. The van der Waals surface area contributed by atoms with E-state index in [9.17, 15) is 0 Å². The highest BCUT2D eigenvalue weighted by molar-refractivity contribution is 6.09. The van der Waals surface area contributed by atoms with Gasteiger partial charge < -0.3 is 14.5 Å². The summed E-state index contributed by atoms with van der Waals surface area (Å²) in [5.41, 5.74) is 13.8. The van der Waals surface area contributed by atoms with E-state index in [-0.39, 0.29) is 21.8 Å². The summed E-state index contributed by atoms with van der Waals surface area (Å²) in [5.74, 6) is 1.87. The molecule has 7 aromatic carbocycles. The minimum Gasteiger partial charge on any atom is -0.457 e. The van der Waals surface area contributed by atoms with E-state index in [4.69, 9.17) is 13.8 Å². The molecule has 0 saturated carbocycles. The van der Waals surface area contributed by atoms with Gasteiger partial charge in [-0.2, -0.15) is 0 Å². The van der Waals surface area contributed by atoms with E-state index in [1.165, 1.54) is 33.6 Å². The third-order valence-corrected chi connectivity index (χ3v) is 13.1. The van der Waals surface area contributed by atoms with Crippen molar-refractivity contribution in [2.45, 2.75) is 85.4 Å². The number of ether oxygens (including phenoxy) is 1. The fraction of sp³-hybridized carbons (Fsp3) is 0.230. The van der Waals surface area contributed by atoms with Crippen molar-refractivity contribution in [1.82, 2.24) is 9.55 Å². The number of rotatable bonds is 7. The zero-order valence-electron chi connectivity index (χ0n) is 42.6. The molecule has 66 heavy (non-hydrogen) atoms. The Labute approximate surface area is 395 Å². The minimum absolute atomic E-state index is 0.0405. The first-order chi connectivity index (χ1) is 32.7. The highest BCUT2D eigenvalue weighted by Gasteiger charge is 2.33. The number of para-hydroxylation sites is 2. The number of hydrogen-bond donors (Lipinski definition) is 0. The average molecular weight is 868 g/mol. The summed E-state index contributed by atoms with van der Waals surface area (Å²) in [4.78, 5) is 9.86. The van der Waals surface area contributed by atoms with E-state index < -0.39 is 6.85 Å². The van der Waals surface area contributed by atoms with Crippen LogP contribution in [0, 0.1) is 6.85 Å². The summed E-state index contributed by atoms with van der Waals surface area (Å²) in [5, 5.41) is 2.05. The standard InChI is InChI=1S/C61H60N4O/c1-40-31-57(62-38-53(40)42-21-16-22-43(32-42)59(2,3)4)65-54-27-15-14-25-51(54)52-30-29-49(37-56(52)65)66-48-24-17-23-46(36-48)63-39-64(47-34-44(60(5,6)7)33-45(35-47)61(8,9)10)58-50(26-18-28-55(58)63)41-19-12-11-13-20-41/h11-38H,39H2,1-10H3/i1D3. The number of benzene rings is 7. The number of hydrogen-bond acceptors (Lipinski definition) is 4. The first-order valence-corrected chi connectivity index (χ1v) is 23.0. The normalized spacial score (nSPS) is 14.0. The molecule has 0 spiro atoms. The van der Waals surface area contributed by atoms with Crippen LogP contribution in [-0.4, -0.2) is 16.2 Å². The number of nitrogens with zero attached hydrogens (tertiary/aromatic N) is 4. The van der Waals surface area contributed by atoms with Crippen LogP contribution in [-0.2, 0) is 16.2 Å². The Hall–Kier alpha value is -7.11. The number of anilines is 4. The molecule has 5 heteroatoms. The number of pyridine rings is 1. The van der Waals surface area contributed by atoms with E-state index in [0.29, 0.717) is 29.5 Å². The molecule has 0 bridgehead atoms. The molecule has 9 aromatic rings. The van der Waals surface area contributed by atoms with Crippen LogP contribution < -0.4 is 14.5 Å². The maximum absolute atomic E-state index is 8.70. The molecule has 1 aliphatic heterocycles. The summed E-state index contributed by atoms with van der Waals surface area (Å²) in [6.45, 7) is 18.4. The van der Waals surface area contributed by atoms with E-state index in [1.807, 2.05) is 42.5 Å². The fourth-order valence-electron chi connectivity index (χ4n) is 9.30. The van der Waals surface area contributed by atoms with Gasteiger partial charge in [0.1, 0.15) is 24.0 Å². The molecule has 1 aliphatic rings. The van der Waals surface area contributed by atoms with Crippen LogP contribution in [0.2, 0.25) is 0 Å². The summed E-state index contributed by atoms with van der Waals surface area (Å²) in [7, 11) is 0. The Balaban J connectivity index is 1.05. The van der Waals surface area contributed by atoms with Crippen LogP contribution in [0.4, 0.5) is 22.7 Å². The van der Waals surface area contributed by atoms with Gasteiger partial charge in [-0.1, -0.05) is 159 Å². The molecule has 2 aromatic heterocycles. The monoisotopic (exact) mass is 867 g/mol. The largest absolute Gasteiger partial charge is 0.457 e. The van der Waals surface area contributed by atoms with E-state index in [1.54, 1.807) is 12.3 Å². The highest BCUT2D eigenvalue weighted by atomic mass is 16.5. The molecule has 0 saturated heterocycles. The molecule has 10 rings (SSSR count). The third kappa shape index (κ3) is 7.91. The van der Waals surface area contributed by atoms with Gasteiger partial charge in [0.2, 0.25) is 0 Å². The van der Waals surface area contributed by atoms with Crippen LogP contribution in [0.15, 0.2) is 170 Å². The molecule has 0 amide bonds. The van der Waals surface area contributed by atoms with Crippen molar-refractivity contribution < 1.29 is 8.85 Å². The van der Waals surface area contributed by atoms with Gasteiger partial charge in [0.15, 0.2) is 0 Å². The van der Waals surface area contributed by atoms with Gasteiger partial charge in [-0.25, -0.2) is 4.98 Å². The Morgan fingerprint density at radius 3 is 1.91 bits per heavy atom. The van der Waals surface area contributed by atoms with Gasteiger partial charge in [-0.15, -0.1) is 0 Å². The average Bonchev–Trinajstić information content (AvgIpc) is 3.87. The molecule has 0 radical (unpaired) electrons. The topological polar surface area (TPSA) is 33.5 Å². The van der Waals surface area contributed by atoms with E-state index in [0.717, 1.165) is 44.3 Å². The summed E-state index contributed by atoms with van der Waals surface area (Å²) >= 11 is 0. The Bertz CT molecular complexity index is 3370. The van der Waals surface area contributed by atoms with Gasteiger partial charge >= 0.3 is 0 Å². The van der Waals surface area contributed by atoms with Crippen molar-refractivity contribution in [3.63, 3.8) is 0 Å². The van der Waals surface area contributed by atoms with Gasteiger partial charge in [0, 0.05) is 55.7 Å². The predicted molar refractivity (Wildman–Crippen MR) is 279 cm³/mol. The van der Waals surface area contributed by atoms with Crippen LogP contribution >= 0.6 is 0 Å². The number of aryl methyl sites for hydroxylation is 1. The Morgan fingerprint density at radius 1 is 0.500 bits per heavy atom. The third-order valence-electron chi connectivity index (χ3n) is 13.1. The zero-order valence-corrected chi connectivity index (χ0v) is 39.6. The second-order valence-corrected chi connectivity index (χ2v) is 20.9. The zero-order chi connectivity index (χ0) is 48.6. The second kappa shape index (κ2) is 16.1. The molecule has 0 aliphatic carbocycles. The van der Waals surface area contributed by atoms with Crippen LogP contribution in [0.1, 0.15) is 88.7 Å². The quantitative estimate of drug-likeness (QED) is 0.160. The lowest BCUT2D eigenvalue weighted by molar-refractivity contribution is 0.483. The summed E-state index contributed by atoms with van der Waals surface area (Å²) < 4.78 is 35.0. The van der Waals surface area contributed by atoms with Crippen molar-refractivity contribution in [3.8, 4) is 39.6 Å². The van der Waals surface area contributed by atoms with Gasteiger partial charge in [0.05, 0.1) is 22.4 Å². The van der Waals surface area contributed by atoms with Crippen LogP contribution in [0.5, 0.6) is 11.5 Å². The van der Waals surface area contributed by atoms with Crippen LogP contribution in [0.3, 0.4) is 0 Å². The van der Waals surface area contributed by atoms with Crippen molar-refractivity contribution in [3.05, 3.63) is 192 Å². The van der Waals surface area contributed by atoms with Gasteiger partial charge in [-0.3, -0.25) is 4.57 Å². The number of aromatic nitrogens is 2. The Morgan fingerprint density at radius 2 is 1.17 bits per heavy atom. The second-order valence-electron chi connectivity index (χ2n) is 20.9. The van der Waals surface area contributed by atoms with E-state index in [2.05, 4.69) is 192 Å². The molecule has 3 heterocycles. The maximum atomic E-state index is 8.70. The van der Waals surface area contributed by atoms with Crippen molar-refractivity contribution >= 4 is 44.6 Å². The van der Waals surface area contributed by atoms with Gasteiger partial charge in [-0.05, 0) is 111 Å². The molecule has 0 unspecified atom stereocenters. The van der Waals surface area contributed by atoms with Crippen LogP contribution in [0.25, 0.3) is 49.9 Å². The number of fused-ring (bicyclic) bond motifs is 4. The van der Waals surface area contributed by atoms with E-state index >= 15 is 0 Å². The van der Waals surface area contributed by atoms with Gasteiger partial charge in [0.25, 0.3) is 0 Å². The first kappa shape index (κ1) is 39.3. The highest BCUT2D eigenvalue weighted by Crippen LogP contribution is 2.51. The molecule has 0 atom stereocenters. The molecule has 5 nitrogen and oxygen atoms in total. The Kier molecular flexibility index (Phi) is 9.58. The summed E-state index contributed by atoms with van der Waals surface area (Å²) in [6, 6.07) is 56.9. The molecule has 0 fully saturated rings. The minimum atomic E-state index is -2.38. The molecule has 330 valence electrons. The predicted octanol–water partition coefficient (Wildman–Crippen LogP) is 16.8. The lowest BCUT2D eigenvalue weighted by Gasteiger charge is -2.30. The maximum Gasteiger partial charge on any atom is 0.137 e. The fourth-order valence-corrected chi connectivity index (χ4v) is 9.30. The summed E-state index contributed by atoms with van der Waals surface area (Å²) in [6.07, 6.45) is 1.72. The van der Waals surface area contributed by atoms with Crippen molar-refractivity contribution in [1.29, 1.82) is 0 Å². The van der Waals surface area contributed by atoms with Crippen molar-refractivity contribution in [2.75, 3.05) is 16.5 Å². The molecule has 0 N–H and O–H groups in total. The molecular weight excluding hydrogens is 805 g/mol. The van der Waals surface area contributed by atoms with Crippen molar-refractivity contribution in [2.24, 2.45) is 0 Å². The SMILES string of the molecule is [2H]C([2H])([2H])c1cc(-n2c3ccccc3c3ccc(Oc4cccc(N5CN(c6cc(C(C)(C)C)cc(C(C)(C)C)c6)c6c(-c7ccccc7)cccc65)c4)cc32)ncc1-c1cccc(C(C)(C)C)c1. The smallest absolute Gasteiger partial charge is 0.137 e. The first-order valence-electron chi connectivity index (χ1n) is 24.5.